The SMILES string of the molecule is COC(=O)C1CCCN1CC(=O)N(Cc1cccc(OC)c1)C12CC3CC(CC(C3)C1)C2. The molecular formula is C26H36N2O4. The molecule has 0 radical (unpaired) electrons. The second-order valence-corrected chi connectivity index (χ2v) is 10.6. The van der Waals surface area contributed by atoms with Crippen molar-refractivity contribution in [3.8, 4) is 5.75 Å². The van der Waals surface area contributed by atoms with E-state index in [1.165, 1.54) is 26.4 Å². The van der Waals surface area contributed by atoms with E-state index in [1.807, 2.05) is 23.1 Å². The highest BCUT2D eigenvalue weighted by Gasteiger charge is 2.54. The highest BCUT2D eigenvalue weighted by molar-refractivity contribution is 5.81. The summed E-state index contributed by atoms with van der Waals surface area (Å²) in [4.78, 5) is 30.4. The van der Waals surface area contributed by atoms with E-state index in [4.69, 9.17) is 9.47 Å². The van der Waals surface area contributed by atoms with E-state index in [0.717, 1.165) is 67.7 Å². The molecule has 4 bridgehead atoms. The average Bonchev–Trinajstić information content (AvgIpc) is 3.24. The van der Waals surface area contributed by atoms with Gasteiger partial charge in [-0.2, -0.15) is 0 Å². The van der Waals surface area contributed by atoms with Crippen molar-refractivity contribution in [3.63, 3.8) is 0 Å². The van der Waals surface area contributed by atoms with Gasteiger partial charge in [0.05, 0.1) is 20.8 Å². The third-order valence-electron chi connectivity index (χ3n) is 8.53. The topological polar surface area (TPSA) is 59.1 Å². The highest BCUT2D eigenvalue weighted by atomic mass is 16.5. The Hall–Kier alpha value is -2.08. The first kappa shape index (κ1) is 21.7. The monoisotopic (exact) mass is 440 g/mol. The molecule has 1 saturated heterocycles. The number of hydrogen-bond donors (Lipinski definition) is 0. The van der Waals surface area contributed by atoms with Crippen molar-refractivity contribution < 1.29 is 19.1 Å². The van der Waals surface area contributed by atoms with E-state index in [-0.39, 0.29) is 23.5 Å². The van der Waals surface area contributed by atoms with Gasteiger partial charge in [-0.15, -0.1) is 0 Å². The van der Waals surface area contributed by atoms with Crippen LogP contribution in [0, 0.1) is 17.8 Å². The number of methoxy groups -OCH3 is 2. The fourth-order valence-corrected chi connectivity index (χ4v) is 7.55. The maximum Gasteiger partial charge on any atom is 0.323 e. The van der Waals surface area contributed by atoms with Gasteiger partial charge in [-0.25, -0.2) is 0 Å². The zero-order valence-electron chi connectivity index (χ0n) is 19.4. The summed E-state index contributed by atoms with van der Waals surface area (Å²) in [7, 11) is 3.12. The number of benzene rings is 1. The van der Waals surface area contributed by atoms with E-state index in [0.29, 0.717) is 13.1 Å². The predicted molar refractivity (Wildman–Crippen MR) is 121 cm³/mol. The summed E-state index contributed by atoms with van der Waals surface area (Å²) in [5.41, 5.74) is 1.08. The zero-order valence-corrected chi connectivity index (χ0v) is 19.4. The van der Waals surface area contributed by atoms with Crippen LogP contribution in [0.3, 0.4) is 0 Å². The van der Waals surface area contributed by atoms with Gasteiger partial charge in [0.15, 0.2) is 0 Å². The summed E-state index contributed by atoms with van der Waals surface area (Å²) in [6, 6.07) is 7.80. The van der Waals surface area contributed by atoms with E-state index in [2.05, 4.69) is 11.0 Å². The fraction of sp³-hybridized carbons (Fsp3) is 0.692. The van der Waals surface area contributed by atoms with Crippen molar-refractivity contribution in [1.29, 1.82) is 0 Å². The molecular weight excluding hydrogens is 404 g/mol. The van der Waals surface area contributed by atoms with Crippen molar-refractivity contribution in [1.82, 2.24) is 9.80 Å². The Kier molecular flexibility index (Phi) is 5.91. The number of ether oxygens (including phenoxy) is 2. The van der Waals surface area contributed by atoms with Gasteiger partial charge in [0, 0.05) is 12.1 Å². The Labute approximate surface area is 191 Å². The van der Waals surface area contributed by atoms with Crippen LogP contribution in [-0.2, 0) is 20.9 Å². The molecule has 1 unspecified atom stereocenters. The molecule has 1 aromatic rings. The van der Waals surface area contributed by atoms with Crippen molar-refractivity contribution >= 4 is 11.9 Å². The number of amides is 1. The molecule has 174 valence electrons. The predicted octanol–water partition coefficient (Wildman–Crippen LogP) is 3.63. The van der Waals surface area contributed by atoms with Gasteiger partial charge in [0.1, 0.15) is 11.8 Å². The highest BCUT2D eigenvalue weighted by Crippen LogP contribution is 2.58. The molecule has 6 nitrogen and oxygen atoms in total. The Morgan fingerprint density at radius 3 is 2.41 bits per heavy atom. The number of rotatable bonds is 7. The minimum Gasteiger partial charge on any atom is -0.497 e. The molecule has 1 aromatic carbocycles. The zero-order chi connectivity index (χ0) is 22.3. The molecule has 5 fully saturated rings. The van der Waals surface area contributed by atoms with Gasteiger partial charge in [-0.3, -0.25) is 14.5 Å². The standard InChI is InChI=1S/C26H36N2O4/c1-31-22-6-3-5-18(12-22)16-28(24(29)17-27-8-4-7-23(27)25(30)32-2)26-13-19-9-20(14-26)11-21(10-19)15-26/h3,5-6,12,19-21,23H,4,7-11,13-17H2,1-2H3. The molecule has 6 rings (SSSR count). The summed E-state index contributed by atoms with van der Waals surface area (Å²) >= 11 is 0. The Morgan fingerprint density at radius 1 is 1.09 bits per heavy atom. The summed E-state index contributed by atoms with van der Waals surface area (Å²) in [5.74, 6) is 3.05. The van der Waals surface area contributed by atoms with Crippen LogP contribution in [0.1, 0.15) is 56.9 Å². The van der Waals surface area contributed by atoms with Crippen LogP contribution in [0.2, 0.25) is 0 Å². The Bertz CT molecular complexity index is 834. The van der Waals surface area contributed by atoms with Gasteiger partial charge in [0.25, 0.3) is 0 Å². The summed E-state index contributed by atoms with van der Waals surface area (Å²) in [6.45, 7) is 1.68. The molecule has 5 aliphatic rings. The van der Waals surface area contributed by atoms with Crippen LogP contribution in [0.5, 0.6) is 5.75 Å². The lowest BCUT2D eigenvalue weighted by molar-refractivity contribution is -0.155. The first-order chi connectivity index (χ1) is 15.5. The van der Waals surface area contributed by atoms with Crippen LogP contribution < -0.4 is 4.74 Å². The Morgan fingerprint density at radius 2 is 1.78 bits per heavy atom. The molecule has 0 aromatic heterocycles. The van der Waals surface area contributed by atoms with Crippen LogP contribution in [0.4, 0.5) is 0 Å². The third-order valence-corrected chi connectivity index (χ3v) is 8.53. The number of hydrogen-bond acceptors (Lipinski definition) is 5. The minimum absolute atomic E-state index is 0.0323. The molecule has 4 saturated carbocycles. The molecule has 0 N–H and O–H groups in total. The largest absolute Gasteiger partial charge is 0.497 e. The van der Waals surface area contributed by atoms with Gasteiger partial charge in [-0.1, -0.05) is 12.1 Å². The lowest BCUT2D eigenvalue weighted by atomic mass is 9.52. The second kappa shape index (κ2) is 8.69. The van der Waals surface area contributed by atoms with Gasteiger partial charge >= 0.3 is 5.97 Å². The Balaban J connectivity index is 1.42. The quantitative estimate of drug-likeness (QED) is 0.606. The lowest BCUT2D eigenvalue weighted by Gasteiger charge is -2.60. The third kappa shape index (κ3) is 4.02. The first-order valence-corrected chi connectivity index (χ1v) is 12.2. The van der Waals surface area contributed by atoms with Crippen LogP contribution >= 0.6 is 0 Å². The van der Waals surface area contributed by atoms with Crippen molar-refractivity contribution in [2.24, 2.45) is 17.8 Å². The second-order valence-electron chi connectivity index (χ2n) is 10.6. The minimum atomic E-state index is -0.293. The van der Waals surface area contributed by atoms with Crippen LogP contribution in [0.25, 0.3) is 0 Å². The maximum absolute atomic E-state index is 13.9. The fourth-order valence-electron chi connectivity index (χ4n) is 7.55. The molecule has 1 heterocycles. The number of esters is 1. The van der Waals surface area contributed by atoms with Gasteiger partial charge in [0.2, 0.25) is 5.91 Å². The molecule has 0 spiro atoms. The van der Waals surface area contributed by atoms with Crippen molar-refractivity contribution in [2.45, 2.75) is 69.5 Å². The van der Waals surface area contributed by atoms with Crippen LogP contribution in [-0.4, -0.2) is 60.6 Å². The summed E-state index contributed by atoms with van der Waals surface area (Å²) < 4.78 is 10.5. The summed E-state index contributed by atoms with van der Waals surface area (Å²) in [6.07, 6.45) is 9.14. The number of carbonyl (C=O) groups excluding carboxylic acids is 2. The maximum atomic E-state index is 13.9. The van der Waals surface area contributed by atoms with Gasteiger partial charge in [-0.05, 0) is 93.4 Å². The van der Waals surface area contributed by atoms with Crippen molar-refractivity contribution in [3.05, 3.63) is 29.8 Å². The van der Waals surface area contributed by atoms with E-state index >= 15 is 0 Å². The van der Waals surface area contributed by atoms with E-state index < -0.39 is 0 Å². The molecule has 1 atom stereocenters. The average molecular weight is 441 g/mol. The molecule has 1 amide bonds. The number of likely N-dealkylation sites (tertiary alicyclic amines) is 1. The summed E-state index contributed by atoms with van der Waals surface area (Å²) in [5, 5.41) is 0. The smallest absolute Gasteiger partial charge is 0.323 e. The normalized spacial score (nSPS) is 33.3. The number of carbonyl (C=O) groups is 2. The first-order valence-electron chi connectivity index (χ1n) is 12.2. The molecule has 6 heteroatoms. The van der Waals surface area contributed by atoms with E-state index in [1.54, 1.807) is 7.11 Å². The molecule has 1 aliphatic heterocycles. The van der Waals surface area contributed by atoms with Crippen LogP contribution in [0.15, 0.2) is 24.3 Å². The lowest BCUT2D eigenvalue weighted by Crippen LogP contribution is -2.62. The van der Waals surface area contributed by atoms with Gasteiger partial charge < -0.3 is 14.4 Å². The number of nitrogens with zero attached hydrogens (tertiary/aromatic N) is 2. The molecule has 32 heavy (non-hydrogen) atoms. The van der Waals surface area contributed by atoms with E-state index in [9.17, 15) is 9.59 Å². The van der Waals surface area contributed by atoms with Crippen molar-refractivity contribution in [2.75, 3.05) is 27.3 Å². The molecule has 4 aliphatic carbocycles.